The van der Waals surface area contributed by atoms with Crippen LogP contribution in [0.4, 0.5) is 0 Å². The lowest BCUT2D eigenvalue weighted by Crippen LogP contribution is -2.31. The highest BCUT2D eigenvalue weighted by atomic mass is 32.1. The van der Waals surface area contributed by atoms with Crippen LogP contribution in [-0.4, -0.2) is 17.4 Å². The van der Waals surface area contributed by atoms with Gasteiger partial charge in [0.2, 0.25) is 0 Å². The van der Waals surface area contributed by atoms with Gasteiger partial charge in [-0.25, -0.2) is 4.98 Å². The van der Waals surface area contributed by atoms with Crippen molar-refractivity contribution in [1.82, 2.24) is 10.3 Å². The molecule has 0 bridgehead atoms. The number of nitrogens with zero attached hydrogens (tertiary/aromatic N) is 1. The van der Waals surface area contributed by atoms with Gasteiger partial charge in [-0.2, -0.15) is 0 Å². The van der Waals surface area contributed by atoms with Crippen molar-refractivity contribution in [2.45, 2.75) is 32.2 Å². The Morgan fingerprint density at radius 3 is 2.61 bits per heavy atom. The Morgan fingerprint density at radius 1 is 1.44 bits per heavy atom. The molecule has 0 radical (unpaired) electrons. The van der Waals surface area contributed by atoms with Crippen LogP contribution in [0.3, 0.4) is 0 Å². The van der Waals surface area contributed by atoms with Gasteiger partial charge in [0.05, 0.1) is 0 Å². The molecule has 18 heavy (non-hydrogen) atoms. The minimum absolute atomic E-state index is 0.0442. The van der Waals surface area contributed by atoms with Crippen LogP contribution in [0, 0.1) is 17.8 Å². The van der Waals surface area contributed by atoms with E-state index in [2.05, 4.69) is 10.3 Å². The lowest BCUT2D eigenvalue weighted by Gasteiger charge is -2.15. The van der Waals surface area contributed by atoms with Gasteiger partial charge in [0, 0.05) is 18.5 Å². The molecule has 0 saturated heterocycles. The summed E-state index contributed by atoms with van der Waals surface area (Å²) < 4.78 is 0. The van der Waals surface area contributed by atoms with Crippen LogP contribution in [0.5, 0.6) is 0 Å². The SMILES string of the molecule is NCc1nc(C(=O)NCC(C2CC2)C2CC2)cs1. The fraction of sp³-hybridized carbons (Fsp3) is 0.692. The Morgan fingerprint density at radius 2 is 2.11 bits per heavy atom. The number of carbonyl (C=O) groups excluding carboxylic acids is 1. The van der Waals surface area contributed by atoms with Gasteiger partial charge in [-0.15, -0.1) is 11.3 Å². The summed E-state index contributed by atoms with van der Waals surface area (Å²) in [4.78, 5) is 16.2. The molecule has 5 heteroatoms. The zero-order chi connectivity index (χ0) is 12.5. The molecule has 0 aromatic carbocycles. The molecule has 1 aromatic rings. The minimum Gasteiger partial charge on any atom is -0.350 e. The van der Waals surface area contributed by atoms with Crippen LogP contribution >= 0.6 is 11.3 Å². The number of rotatable bonds is 6. The molecule has 0 spiro atoms. The van der Waals surface area contributed by atoms with E-state index < -0.39 is 0 Å². The number of aromatic nitrogens is 1. The van der Waals surface area contributed by atoms with E-state index >= 15 is 0 Å². The smallest absolute Gasteiger partial charge is 0.270 e. The third kappa shape index (κ3) is 2.72. The van der Waals surface area contributed by atoms with E-state index in [1.54, 1.807) is 5.38 Å². The highest BCUT2D eigenvalue weighted by Crippen LogP contribution is 2.48. The largest absolute Gasteiger partial charge is 0.350 e. The molecule has 98 valence electrons. The second kappa shape index (κ2) is 4.97. The summed E-state index contributed by atoms with van der Waals surface area (Å²) in [6, 6.07) is 0. The van der Waals surface area contributed by atoms with Crippen molar-refractivity contribution in [3.63, 3.8) is 0 Å². The molecule has 3 rings (SSSR count). The third-order valence-corrected chi connectivity index (χ3v) is 4.78. The first-order valence-electron chi connectivity index (χ1n) is 6.70. The summed E-state index contributed by atoms with van der Waals surface area (Å²) in [5.41, 5.74) is 6.02. The van der Waals surface area contributed by atoms with Crippen LogP contribution in [0.1, 0.15) is 41.2 Å². The third-order valence-electron chi connectivity index (χ3n) is 3.91. The molecule has 0 atom stereocenters. The van der Waals surface area contributed by atoms with Gasteiger partial charge < -0.3 is 11.1 Å². The van der Waals surface area contributed by atoms with E-state index in [0.29, 0.717) is 18.2 Å². The van der Waals surface area contributed by atoms with Crippen molar-refractivity contribution in [3.8, 4) is 0 Å². The lowest BCUT2D eigenvalue weighted by atomic mass is 9.98. The Labute approximate surface area is 111 Å². The maximum Gasteiger partial charge on any atom is 0.270 e. The molecular weight excluding hydrogens is 246 g/mol. The first-order valence-corrected chi connectivity index (χ1v) is 7.58. The molecule has 0 unspecified atom stereocenters. The van der Waals surface area contributed by atoms with Crippen LogP contribution in [0.2, 0.25) is 0 Å². The Kier molecular flexibility index (Phi) is 3.35. The zero-order valence-corrected chi connectivity index (χ0v) is 11.2. The van der Waals surface area contributed by atoms with Gasteiger partial charge in [-0.3, -0.25) is 4.79 Å². The second-order valence-corrected chi connectivity index (χ2v) is 6.32. The average Bonchev–Trinajstić information content (AvgIpc) is 3.30. The first kappa shape index (κ1) is 12.1. The number of thiazole rings is 1. The predicted octanol–water partition coefficient (Wildman–Crippen LogP) is 1.77. The van der Waals surface area contributed by atoms with Crippen molar-refractivity contribution in [1.29, 1.82) is 0 Å². The summed E-state index contributed by atoms with van der Waals surface area (Å²) in [6.07, 6.45) is 5.41. The topological polar surface area (TPSA) is 68.0 Å². The van der Waals surface area contributed by atoms with Crippen molar-refractivity contribution in [2.24, 2.45) is 23.5 Å². The van der Waals surface area contributed by atoms with E-state index in [9.17, 15) is 4.79 Å². The van der Waals surface area contributed by atoms with Crippen molar-refractivity contribution < 1.29 is 4.79 Å². The Hall–Kier alpha value is -0.940. The second-order valence-electron chi connectivity index (χ2n) is 5.38. The number of hydrogen-bond acceptors (Lipinski definition) is 4. The van der Waals surface area contributed by atoms with Gasteiger partial charge in [0.15, 0.2) is 0 Å². The summed E-state index contributed by atoms with van der Waals surface area (Å²) in [7, 11) is 0. The highest BCUT2D eigenvalue weighted by Gasteiger charge is 2.41. The highest BCUT2D eigenvalue weighted by molar-refractivity contribution is 7.09. The molecule has 1 heterocycles. The minimum atomic E-state index is -0.0442. The summed E-state index contributed by atoms with van der Waals surface area (Å²) in [5.74, 6) is 2.40. The number of nitrogens with two attached hydrogens (primary N) is 1. The molecule has 2 aliphatic rings. The van der Waals surface area contributed by atoms with E-state index in [-0.39, 0.29) is 5.91 Å². The van der Waals surface area contributed by atoms with Gasteiger partial charge in [-0.1, -0.05) is 0 Å². The van der Waals surface area contributed by atoms with Crippen molar-refractivity contribution in [3.05, 3.63) is 16.1 Å². The maximum atomic E-state index is 12.0. The van der Waals surface area contributed by atoms with Gasteiger partial charge in [0.1, 0.15) is 10.7 Å². The lowest BCUT2D eigenvalue weighted by molar-refractivity contribution is 0.0939. The van der Waals surface area contributed by atoms with Crippen molar-refractivity contribution in [2.75, 3.05) is 6.54 Å². The molecular formula is C13H19N3OS. The molecule has 0 aliphatic heterocycles. The fourth-order valence-electron chi connectivity index (χ4n) is 2.58. The van der Waals surface area contributed by atoms with E-state index in [1.807, 2.05) is 0 Å². The van der Waals surface area contributed by atoms with Gasteiger partial charge >= 0.3 is 0 Å². The van der Waals surface area contributed by atoms with Gasteiger partial charge in [0.25, 0.3) is 5.91 Å². The maximum absolute atomic E-state index is 12.0. The molecule has 3 N–H and O–H groups in total. The summed E-state index contributed by atoms with van der Waals surface area (Å²) in [5, 5.41) is 5.66. The van der Waals surface area contributed by atoms with E-state index in [0.717, 1.165) is 23.4 Å². The van der Waals surface area contributed by atoms with Crippen LogP contribution in [0.15, 0.2) is 5.38 Å². The Bertz CT molecular complexity index is 425. The number of amides is 1. The number of hydrogen-bond donors (Lipinski definition) is 2. The van der Waals surface area contributed by atoms with E-state index in [1.165, 1.54) is 37.0 Å². The molecule has 2 saturated carbocycles. The van der Waals surface area contributed by atoms with Crippen LogP contribution in [0.25, 0.3) is 0 Å². The monoisotopic (exact) mass is 265 g/mol. The quantitative estimate of drug-likeness (QED) is 0.823. The standard InChI is InChI=1S/C13H19N3OS/c14-5-12-16-11(7-18-12)13(17)15-6-10(8-1-2-8)9-3-4-9/h7-10H,1-6,14H2,(H,15,17). The normalized spacial score (nSPS) is 19.2. The summed E-state index contributed by atoms with van der Waals surface area (Å²) >= 11 is 1.45. The Balaban J connectivity index is 1.53. The van der Waals surface area contributed by atoms with Crippen LogP contribution in [-0.2, 0) is 6.54 Å². The van der Waals surface area contributed by atoms with E-state index in [4.69, 9.17) is 5.73 Å². The van der Waals surface area contributed by atoms with Gasteiger partial charge in [-0.05, 0) is 43.4 Å². The predicted molar refractivity (Wildman–Crippen MR) is 71.3 cm³/mol. The molecule has 1 amide bonds. The summed E-state index contributed by atoms with van der Waals surface area (Å²) in [6.45, 7) is 1.23. The molecule has 2 aliphatic carbocycles. The van der Waals surface area contributed by atoms with Crippen molar-refractivity contribution >= 4 is 17.2 Å². The molecule has 4 nitrogen and oxygen atoms in total. The molecule has 2 fully saturated rings. The fourth-order valence-corrected chi connectivity index (χ4v) is 3.23. The van der Waals surface area contributed by atoms with Crippen LogP contribution < -0.4 is 11.1 Å². The number of nitrogens with one attached hydrogen (secondary N) is 1. The number of carbonyl (C=O) groups is 1. The first-order chi connectivity index (χ1) is 8.78. The molecule has 1 aromatic heterocycles. The zero-order valence-electron chi connectivity index (χ0n) is 10.4. The average molecular weight is 265 g/mol.